The molecule has 0 radical (unpaired) electrons. The van der Waals surface area contributed by atoms with Gasteiger partial charge in [0.05, 0.1) is 6.04 Å². The van der Waals surface area contributed by atoms with Gasteiger partial charge in [-0.1, -0.05) is 36.9 Å². The Hall–Kier alpha value is -1.67. The zero-order valence-corrected chi connectivity index (χ0v) is 12.6. The second kappa shape index (κ2) is 4.71. The normalized spacial score (nSPS) is 20.7. The highest BCUT2D eigenvalue weighted by atomic mass is 35.5. The van der Waals surface area contributed by atoms with Crippen molar-refractivity contribution in [2.45, 2.75) is 25.8 Å². The molecule has 1 atom stereocenters. The number of fused-ring (bicyclic) bond motifs is 1. The van der Waals surface area contributed by atoms with Crippen LogP contribution in [0.5, 0.6) is 0 Å². The van der Waals surface area contributed by atoms with Gasteiger partial charge in [0.2, 0.25) is 0 Å². The molecular weight excluding hydrogens is 268 g/mol. The van der Waals surface area contributed by atoms with Crippen LogP contribution >= 0.6 is 11.6 Å². The lowest BCUT2D eigenvalue weighted by Crippen LogP contribution is -2.48. The maximum absolute atomic E-state index is 6.06. The first kappa shape index (κ1) is 13.3. The zero-order valence-electron chi connectivity index (χ0n) is 11.8. The number of hydrogen-bond donors (Lipinski definition) is 0. The van der Waals surface area contributed by atoms with E-state index in [1.807, 2.05) is 12.1 Å². The van der Waals surface area contributed by atoms with Gasteiger partial charge in [0, 0.05) is 29.4 Å². The number of benzene rings is 1. The summed E-state index contributed by atoms with van der Waals surface area (Å²) in [6.45, 7) is 15.5. The predicted molar refractivity (Wildman–Crippen MR) is 85.8 cm³/mol. The quantitative estimate of drug-likeness (QED) is 0.763. The summed E-state index contributed by atoms with van der Waals surface area (Å²) >= 11 is 6.06. The molecule has 1 saturated heterocycles. The summed E-state index contributed by atoms with van der Waals surface area (Å²) < 4.78 is 0. The van der Waals surface area contributed by atoms with Crippen LogP contribution in [-0.4, -0.2) is 17.5 Å². The molecule has 2 nitrogen and oxygen atoms in total. The number of rotatable bonds is 3. The highest BCUT2D eigenvalue weighted by molar-refractivity contribution is 6.30. The molecule has 2 heterocycles. The lowest BCUT2D eigenvalue weighted by Gasteiger charge is -2.48. The molecule has 2 aliphatic rings. The van der Waals surface area contributed by atoms with Crippen LogP contribution in [0.2, 0.25) is 5.02 Å². The van der Waals surface area contributed by atoms with E-state index in [-0.39, 0.29) is 0 Å². The third-order valence-corrected chi connectivity index (χ3v) is 4.41. The largest absolute Gasteiger partial charge is 0.328 e. The van der Waals surface area contributed by atoms with Gasteiger partial charge < -0.3 is 9.80 Å². The molecule has 0 aliphatic carbocycles. The van der Waals surface area contributed by atoms with Crippen LogP contribution in [-0.2, 0) is 6.42 Å². The minimum absolute atomic E-state index is 0.339. The first-order valence-corrected chi connectivity index (χ1v) is 7.24. The van der Waals surface area contributed by atoms with Gasteiger partial charge in [-0.3, -0.25) is 0 Å². The van der Waals surface area contributed by atoms with Crippen molar-refractivity contribution in [2.75, 3.05) is 11.4 Å². The SMILES string of the molecule is C=C(C)C1CC(=C)N1C(=C)N1CCc2cc(Cl)ccc21. The Morgan fingerprint density at radius 2 is 2.10 bits per heavy atom. The lowest BCUT2D eigenvalue weighted by atomic mass is 9.93. The minimum Gasteiger partial charge on any atom is -0.328 e. The second-order valence-corrected chi connectivity index (χ2v) is 6.03. The summed E-state index contributed by atoms with van der Waals surface area (Å²) in [7, 11) is 0. The fraction of sp³-hybridized carbons (Fsp3) is 0.294. The van der Waals surface area contributed by atoms with Crippen molar-refractivity contribution < 1.29 is 0 Å². The third kappa shape index (κ3) is 1.95. The Labute approximate surface area is 125 Å². The predicted octanol–water partition coefficient (Wildman–Crippen LogP) is 4.34. The molecule has 20 heavy (non-hydrogen) atoms. The Bertz CT molecular complexity index is 617. The van der Waals surface area contributed by atoms with Gasteiger partial charge in [-0.25, -0.2) is 0 Å². The van der Waals surface area contributed by atoms with Crippen LogP contribution < -0.4 is 4.90 Å². The van der Waals surface area contributed by atoms with E-state index in [4.69, 9.17) is 11.6 Å². The average molecular weight is 287 g/mol. The van der Waals surface area contributed by atoms with E-state index >= 15 is 0 Å². The standard InChI is InChI=1S/C17H19ClN2/c1-11(2)17-9-12(3)20(17)13(4)19-8-7-14-10-15(18)5-6-16(14)19/h5-6,10,17H,1,3-4,7-9H2,2H3. The minimum atomic E-state index is 0.339. The van der Waals surface area contributed by atoms with E-state index < -0.39 is 0 Å². The van der Waals surface area contributed by atoms with Crippen molar-refractivity contribution in [1.82, 2.24) is 4.90 Å². The molecule has 1 fully saturated rings. The number of likely N-dealkylation sites (tertiary alicyclic amines) is 1. The van der Waals surface area contributed by atoms with E-state index in [0.29, 0.717) is 6.04 Å². The van der Waals surface area contributed by atoms with E-state index in [1.165, 1.54) is 11.3 Å². The fourth-order valence-corrected chi connectivity index (χ4v) is 3.24. The van der Waals surface area contributed by atoms with E-state index in [2.05, 4.69) is 42.5 Å². The number of nitrogens with zero attached hydrogens (tertiary/aromatic N) is 2. The monoisotopic (exact) mass is 286 g/mol. The molecule has 0 bridgehead atoms. The van der Waals surface area contributed by atoms with Crippen LogP contribution in [0.1, 0.15) is 18.9 Å². The van der Waals surface area contributed by atoms with Gasteiger partial charge in [0.15, 0.2) is 0 Å². The molecule has 1 aromatic carbocycles. The Kier molecular flexibility index (Phi) is 3.14. The van der Waals surface area contributed by atoms with Gasteiger partial charge in [0.25, 0.3) is 0 Å². The molecule has 2 aliphatic heterocycles. The summed E-state index contributed by atoms with van der Waals surface area (Å²) in [5.74, 6) is 0.996. The fourth-order valence-electron chi connectivity index (χ4n) is 3.05. The van der Waals surface area contributed by atoms with Gasteiger partial charge in [0.1, 0.15) is 5.82 Å². The summed E-state index contributed by atoms with van der Waals surface area (Å²) in [5, 5.41) is 0.796. The van der Waals surface area contributed by atoms with Gasteiger partial charge in [-0.05, 0) is 37.1 Å². The van der Waals surface area contributed by atoms with Crippen molar-refractivity contribution in [3.05, 3.63) is 65.6 Å². The first-order chi connectivity index (χ1) is 9.49. The van der Waals surface area contributed by atoms with Crippen molar-refractivity contribution in [3.8, 4) is 0 Å². The molecule has 0 amide bonds. The molecule has 1 unspecified atom stereocenters. The van der Waals surface area contributed by atoms with Crippen LogP contribution in [0.25, 0.3) is 0 Å². The molecule has 1 aromatic rings. The smallest absolute Gasteiger partial charge is 0.106 e. The topological polar surface area (TPSA) is 6.48 Å². The molecule has 0 saturated carbocycles. The average Bonchev–Trinajstić information content (AvgIpc) is 2.78. The van der Waals surface area contributed by atoms with Gasteiger partial charge in [-0.15, -0.1) is 0 Å². The Morgan fingerprint density at radius 3 is 2.75 bits per heavy atom. The zero-order chi connectivity index (χ0) is 14.4. The maximum atomic E-state index is 6.06. The van der Waals surface area contributed by atoms with E-state index in [9.17, 15) is 0 Å². The second-order valence-electron chi connectivity index (χ2n) is 5.59. The van der Waals surface area contributed by atoms with Crippen LogP contribution in [0.4, 0.5) is 5.69 Å². The van der Waals surface area contributed by atoms with Gasteiger partial charge in [-0.2, -0.15) is 0 Å². The summed E-state index contributed by atoms with van der Waals surface area (Å²) in [4.78, 5) is 4.46. The molecule has 0 spiro atoms. The van der Waals surface area contributed by atoms with Crippen molar-refractivity contribution in [3.63, 3.8) is 0 Å². The molecule has 0 N–H and O–H groups in total. The highest BCUT2D eigenvalue weighted by Crippen LogP contribution is 2.40. The molecule has 0 aromatic heterocycles. The summed E-state index contributed by atoms with van der Waals surface area (Å²) in [6.07, 6.45) is 1.99. The number of halogens is 1. The van der Waals surface area contributed by atoms with Crippen molar-refractivity contribution >= 4 is 17.3 Å². The number of hydrogen-bond acceptors (Lipinski definition) is 2. The molecular formula is C17H19ClN2. The van der Waals surface area contributed by atoms with E-state index in [1.54, 1.807) is 0 Å². The van der Waals surface area contributed by atoms with Gasteiger partial charge >= 0.3 is 0 Å². The highest BCUT2D eigenvalue weighted by Gasteiger charge is 2.36. The maximum Gasteiger partial charge on any atom is 0.106 e. The van der Waals surface area contributed by atoms with Crippen LogP contribution in [0.3, 0.4) is 0 Å². The van der Waals surface area contributed by atoms with E-state index in [0.717, 1.165) is 41.5 Å². The van der Waals surface area contributed by atoms with Crippen molar-refractivity contribution in [2.24, 2.45) is 0 Å². The molecule has 3 heteroatoms. The molecule has 3 rings (SSSR count). The number of anilines is 1. The van der Waals surface area contributed by atoms with Crippen molar-refractivity contribution in [1.29, 1.82) is 0 Å². The third-order valence-electron chi connectivity index (χ3n) is 4.18. The summed E-state index contributed by atoms with van der Waals surface area (Å²) in [6, 6.07) is 6.40. The first-order valence-electron chi connectivity index (χ1n) is 6.86. The Balaban J connectivity index is 1.87. The lowest BCUT2D eigenvalue weighted by molar-refractivity contribution is 0.237. The van der Waals surface area contributed by atoms with Crippen LogP contribution in [0, 0.1) is 0 Å². The Morgan fingerprint density at radius 1 is 1.35 bits per heavy atom. The van der Waals surface area contributed by atoms with Crippen LogP contribution in [0.15, 0.2) is 55.0 Å². The molecule has 104 valence electrons. The summed E-state index contributed by atoms with van der Waals surface area (Å²) in [5.41, 5.74) is 4.77.